The predicted molar refractivity (Wildman–Crippen MR) is 132 cm³/mol. The number of nitrogens with one attached hydrogen (secondary N) is 1. The summed E-state index contributed by atoms with van der Waals surface area (Å²) in [6.07, 6.45) is 1.74. The molecule has 0 atom stereocenters. The molecule has 4 aromatic rings. The van der Waals surface area contributed by atoms with Crippen molar-refractivity contribution < 1.29 is 14.3 Å². The standard InChI is InChI=1S/C27H26N4O3/c1-19-8-7-9-20(16-19)26-24(17-31(29-26)22-10-5-4-6-11-22)27(33)28-21-12-14-23(15-13-21)34-18-25(32)30(2)3/h4-17H,18H2,1-3H3,(H,28,33). The highest BCUT2D eigenvalue weighted by Crippen LogP contribution is 2.26. The van der Waals surface area contributed by atoms with Gasteiger partial charge in [0, 0.05) is 31.5 Å². The van der Waals surface area contributed by atoms with Crippen LogP contribution in [0, 0.1) is 6.92 Å². The van der Waals surface area contributed by atoms with Gasteiger partial charge in [-0.25, -0.2) is 4.68 Å². The van der Waals surface area contributed by atoms with E-state index >= 15 is 0 Å². The first-order chi connectivity index (χ1) is 16.4. The molecule has 34 heavy (non-hydrogen) atoms. The number of rotatable bonds is 7. The molecular formula is C27H26N4O3. The molecule has 1 N–H and O–H groups in total. The number of anilines is 1. The lowest BCUT2D eigenvalue weighted by Gasteiger charge is -2.12. The zero-order valence-electron chi connectivity index (χ0n) is 19.4. The van der Waals surface area contributed by atoms with E-state index in [-0.39, 0.29) is 18.4 Å². The van der Waals surface area contributed by atoms with Crippen molar-refractivity contribution in [2.24, 2.45) is 0 Å². The van der Waals surface area contributed by atoms with E-state index in [9.17, 15) is 9.59 Å². The molecule has 0 saturated heterocycles. The predicted octanol–water partition coefficient (Wildman–Crippen LogP) is 4.57. The van der Waals surface area contributed by atoms with Gasteiger partial charge in [0.1, 0.15) is 11.4 Å². The second-order valence-electron chi connectivity index (χ2n) is 8.10. The molecule has 0 fully saturated rings. The zero-order valence-corrected chi connectivity index (χ0v) is 19.4. The Bertz CT molecular complexity index is 1300. The molecule has 0 radical (unpaired) electrons. The van der Waals surface area contributed by atoms with Gasteiger partial charge in [-0.2, -0.15) is 5.10 Å². The van der Waals surface area contributed by atoms with E-state index < -0.39 is 0 Å². The number of aryl methyl sites for hydroxylation is 1. The fourth-order valence-corrected chi connectivity index (χ4v) is 3.37. The van der Waals surface area contributed by atoms with E-state index in [1.807, 2.05) is 61.5 Å². The van der Waals surface area contributed by atoms with Crippen LogP contribution in [0.1, 0.15) is 15.9 Å². The van der Waals surface area contributed by atoms with E-state index in [4.69, 9.17) is 9.84 Å². The summed E-state index contributed by atoms with van der Waals surface area (Å²) in [5.41, 5.74) is 4.50. The second-order valence-corrected chi connectivity index (χ2v) is 8.10. The number of nitrogens with zero attached hydrogens (tertiary/aromatic N) is 3. The lowest BCUT2D eigenvalue weighted by molar-refractivity contribution is -0.130. The van der Waals surface area contributed by atoms with Crippen molar-refractivity contribution in [1.29, 1.82) is 0 Å². The molecule has 2 amide bonds. The Labute approximate surface area is 198 Å². The normalized spacial score (nSPS) is 10.6. The van der Waals surface area contributed by atoms with Gasteiger partial charge in [-0.3, -0.25) is 9.59 Å². The second kappa shape index (κ2) is 10.0. The Kier molecular flexibility index (Phi) is 6.73. The summed E-state index contributed by atoms with van der Waals surface area (Å²) in [5, 5.41) is 7.66. The number of benzene rings is 3. The van der Waals surface area contributed by atoms with Crippen LogP contribution in [0.5, 0.6) is 5.75 Å². The molecule has 3 aromatic carbocycles. The van der Waals surface area contributed by atoms with Gasteiger partial charge in [-0.15, -0.1) is 0 Å². The molecule has 7 nitrogen and oxygen atoms in total. The maximum absolute atomic E-state index is 13.3. The highest BCUT2D eigenvalue weighted by Gasteiger charge is 2.19. The molecule has 0 saturated carbocycles. The number of amides is 2. The molecular weight excluding hydrogens is 428 g/mol. The van der Waals surface area contributed by atoms with E-state index in [0.29, 0.717) is 22.7 Å². The Morgan fingerprint density at radius 1 is 0.971 bits per heavy atom. The third-order valence-corrected chi connectivity index (χ3v) is 5.24. The monoisotopic (exact) mass is 454 g/mol. The molecule has 0 unspecified atom stereocenters. The van der Waals surface area contributed by atoms with E-state index in [2.05, 4.69) is 5.32 Å². The topological polar surface area (TPSA) is 76.5 Å². The molecule has 0 bridgehead atoms. The van der Waals surface area contributed by atoms with Gasteiger partial charge in [0.25, 0.3) is 11.8 Å². The number of para-hydroxylation sites is 1. The summed E-state index contributed by atoms with van der Waals surface area (Å²) < 4.78 is 7.21. The SMILES string of the molecule is Cc1cccc(-c2nn(-c3ccccc3)cc2C(=O)Nc2ccc(OCC(=O)N(C)C)cc2)c1. The van der Waals surface area contributed by atoms with Crippen molar-refractivity contribution in [1.82, 2.24) is 14.7 Å². The minimum absolute atomic E-state index is 0.0444. The maximum Gasteiger partial charge on any atom is 0.259 e. The average Bonchev–Trinajstić information content (AvgIpc) is 3.30. The van der Waals surface area contributed by atoms with Gasteiger partial charge in [-0.05, 0) is 49.4 Å². The van der Waals surface area contributed by atoms with Gasteiger partial charge in [0.15, 0.2) is 6.61 Å². The van der Waals surface area contributed by atoms with Crippen molar-refractivity contribution in [2.45, 2.75) is 6.92 Å². The first kappa shape index (κ1) is 22.8. The van der Waals surface area contributed by atoms with Crippen LogP contribution in [0.25, 0.3) is 16.9 Å². The highest BCUT2D eigenvalue weighted by atomic mass is 16.5. The molecule has 0 aliphatic heterocycles. The van der Waals surface area contributed by atoms with Crippen molar-refractivity contribution in [2.75, 3.05) is 26.0 Å². The first-order valence-electron chi connectivity index (χ1n) is 10.9. The molecule has 1 aromatic heterocycles. The van der Waals surface area contributed by atoms with E-state index in [1.54, 1.807) is 49.2 Å². The average molecular weight is 455 g/mol. The van der Waals surface area contributed by atoms with Crippen molar-refractivity contribution in [3.05, 3.63) is 96.2 Å². The minimum Gasteiger partial charge on any atom is -0.484 e. The van der Waals surface area contributed by atoms with Gasteiger partial charge < -0.3 is 15.0 Å². The van der Waals surface area contributed by atoms with Gasteiger partial charge in [-0.1, -0.05) is 42.0 Å². The number of ether oxygens (including phenoxy) is 1. The number of carbonyl (C=O) groups is 2. The van der Waals surface area contributed by atoms with Crippen LogP contribution in [-0.4, -0.2) is 47.2 Å². The molecule has 7 heteroatoms. The van der Waals surface area contributed by atoms with Crippen molar-refractivity contribution in [3.8, 4) is 22.7 Å². The lowest BCUT2D eigenvalue weighted by atomic mass is 10.1. The Morgan fingerprint density at radius 2 is 1.71 bits per heavy atom. The highest BCUT2D eigenvalue weighted by molar-refractivity contribution is 6.08. The summed E-state index contributed by atoms with van der Waals surface area (Å²) in [5.74, 6) is 0.150. The summed E-state index contributed by atoms with van der Waals surface area (Å²) in [4.78, 5) is 26.4. The summed E-state index contributed by atoms with van der Waals surface area (Å²) in [6, 6.07) is 24.5. The molecule has 0 spiro atoms. The Balaban J connectivity index is 1.57. The first-order valence-corrected chi connectivity index (χ1v) is 10.9. The van der Waals surface area contributed by atoms with Crippen molar-refractivity contribution >= 4 is 17.5 Å². The van der Waals surface area contributed by atoms with Crippen LogP contribution in [0.4, 0.5) is 5.69 Å². The van der Waals surface area contributed by atoms with Gasteiger partial charge in [0.2, 0.25) is 0 Å². The Hall–Kier alpha value is -4.39. The van der Waals surface area contributed by atoms with Crippen LogP contribution >= 0.6 is 0 Å². The summed E-state index contributed by atoms with van der Waals surface area (Å²) in [7, 11) is 3.35. The zero-order chi connectivity index (χ0) is 24.1. The smallest absolute Gasteiger partial charge is 0.259 e. The summed E-state index contributed by atoms with van der Waals surface area (Å²) >= 11 is 0. The van der Waals surface area contributed by atoms with Gasteiger partial charge in [0.05, 0.1) is 11.3 Å². The van der Waals surface area contributed by atoms with E-state index in [0.717, 1.165) is 16.8 Å². The molecule has 0 aliphatic rings. The minimum atomic E-state index is -0.268. The van der Waals surface area contributed by atoms with Crippen LogP contribution in [0.15, 0.2) is 85.1 Å². The number of aromatic nitrogens is 2. The fraction of sp³-hybridized carbons (Fsp3) is 0.148. The number of carbonyl (C=O) groups excluding carboxylic acids is 2. The quantitative estimate of drug-likeness (QED) is 0.444. The maximum atomic E-state index is 13.3. The third-order valence-electron chi connectivity index (χ3n) is 5.24. The number of hydrogen-bond donors (Lipinski definition) is 1. The largest absolute Gasteiger partial charge is 0.484 e. The van der Waals surface area contributed by atoms with Crippen LogP contribution in [0.2, 0.25) is 0 Å². The summed E-state index contributed by atoms with van der Waals surface area (Å²) in [6.45, 7) is 1.96. The van der Waals surface area contributed by atoms with Crippen LogP contribution in [-0.2, 0) is 4.79 Å². The number of hydrogen-bond acceptors (Lipinski definition) is 4. The molecule has 172 valence electrons. The van der Waals surface area contributed by atoms with Crippen molar-refractivity contribution in [3.63, 3.8) is 0 Å². The molecule has 1 heterocycles. The van der Waals surface area contributed by atoms with Crippen LogP contribution in [0.3, 0.4) is 0 Å². The third kappa shape index (κ3) is 5.32. The van der Waals surface area contributed by atoms with Gasteiger partial charge >= 0.3 is 0 Å². The molecule has 4 rings (SSSR count). The fourth-order valence-electron chi connectivity index (χ4n) is 3.37. The van der Waals surface area contributed by atoms with E-state index in [1.165, 1.54) is 4.90 Å². The van der Waals surface area contributed by atoms with Crippen LogP contribution < -0.4 is 10.1 Å². The molecule has 0 aliphatic carbocycles. The number of likely N-dealkylation sites (N-methyl/N-ethyl adjacent to an activating group) is 1. The lowest BCUT2D eigenvalue weighted by Crippen LogP contribution is -2.27. The Morgan fingerprint density at radius 3 is 2.38 bits per heavy atom.